The molecule has 1 fully saturated rings. The second kappa shape index (κ2) is 5.59. The highest BCUT2D eigenvalue weighted by Gasteiger charge is 2.27. The van der Waals surface area contributed by atoms with E-state index in [2.05, 4.69) is 21.8 Å². The van der Waals surface area contributed by atoms with Crippen LogP contribution in [0.4, 0.5) is 0 Å². The zero-order valence-electron chi connectivity index (χ0n) is 11.4. The van der Waals surface area contributed by atoms with Gasteiger partial charge in [-0.3, -0.25) is 14.7 Å². The number of carbonyl (C=O) groups is 1. The smallest absolute Gasteiger partial charge is 0.182 e. The fourth-order valence-electron chi connectivity index (χ4n) is 2.44. The molecule has 0 amide bonds. The molecule has 2 heterocycles. The van der Waals surface area contributed by atoms with Crippen molar-refractivity contribution >= 4 is 5.78 Å². The van der Waals surface area contributed by atoms with E-state index in [1.54, 1.807) is 12.4 Å². The van der Waals surface area contributed by atoms with E-state index in [1.165, 1.54) is 0 Å². The summed E-state index contributed by atoms with van der Waals surface area (Å²) in [6, 6.07) is 1.87. The zero-order chi connectivity index (χ0) is 13.1. The number of Topliss-reactive ketones (excluding diaryl/α,β-unsaturated/α-hetero) is 1. The lowest BCUT2D eigenvalue weighted by Crippen LogP contribution is -2.43. The summed E-state index contributed by atoms with van der Waals surface area (Å²) in [6.07, 6.45) is 4.57. The van der Waals surface area contributed by atoms with Crippen molar-refractivity contribution in [1.29, 1.82) is 0 Å². The fraction of sp³-hybridized carbons (Fsp3) is 0.571. The number of likely N-dealkylation sites (N-methyl/N-ethyl adjacent to an activating group) is 2. The van der Waals surface area contributed by atoms with Crippen molar-refractivity contribution in [3.05, 3.63) is 29.6 Å². The van der Waals surface area contributed by atoms with Gasteiger partial charge in [-0.05, 0) is 52.2 Å². The van der Waals surface area contributed by atoms with Gasteiger partial charge in [0.2, 0.25) is 0 Å². The molecular weight excluding hydrogens is 226 g/mol. The van der Waals surface area contributed by atoms with Crippen molar-refractivity contribution in [3.8, 4) is 0 Å². The molecule has 1 atom stereocenters. The van der Waals surface area contributed by atoms with E-state index in [0.29, 0.717) is 0 Å². The van der Waals surface area contributed by atoms with Crippen LogP contribution in [0.2, 0.25) is 0 Å². The van der Waals surface area contributed by atoms with Gasteiger partial charge in [0.25, 0.3) is 0 Å². The molecule has 4 nitrogen and oxygen atoms in total. The lowest BCUT2D eigenvalue weighted by molar-refractivity contribution is 0.0839. The number of rotatable bonds is 2. The molecule has 1 saturated heterocycles. The van der Waals surface area contributed by atoms with Crippen molar-refractivity contribution in [2.75, 3.05) is 33.7 Å². The first-order valence-corrected chi connectivity index (χ1v) is 6.42. The average molecular weight is 247 g/mol. The maximum absolute atomic E-state index is 12.6. The first-order valence-electron chi connectivity index (χ1n) is 6.42. The van der Waals surface area contributed by atoms with Crippen LogP contribution in [-0.4, -0.2) is 60.3 Å². The van der Waals surface area contributed by atoms with Gasteiger partial charge >= 0.3 is 0 Å². The van der Waals surface area contributed by atoms with Gasteiger partial charge in [-0.25, -0.2) is 0 Å². The molecule has 0 N–H and O–H groups in total. The van der Waals surface area contributed by atoms with Crippen molar-refractivity contribution in [2.45, 2.75) is 19.4 Å². The summed E-state index contributed by atoms with van der Waals surface area (Å²) in [5, 5.41) is 0. The van der Waals surface area contributed by atoms with Crippen molar-refractivity contribution in [2.24, 2.45) is 0 Å². The van der Waals surface area contributed by atoms with Crippen LogP contribution in [0.3, 0.4) is 0 Å². The van der Waals surface area contributed by atoms with Crippen molar-refractivity contribution in [3.63, 3.8) is 0 Å². The molecular formula is C14H21N3O. The highest BCUT2D eigenvalue weighted by atomic mass is 16.1. The van der Waals surface area contributed by atoms with E-state index in [4.69, 9.17) is 0 Å². The molecule has 98 valence electrons. The van der Waals surface area contributed by atoms with Crippen LogP contribution in [-0.2, 0) is 0 Å². The molecule has 0 aliphatic carbocycles. The molecule has 0 spiro atoms. The minimum atomic E-state index is -0.0545. The SMILES string of the molecule is Cc1cncc(C(=O)C2CN(C)CCCN2C)c1. The summed E-state index contributed by atoms with van der Waals surface area (Å²) in [7, 11) is 4.11. The minimum absolute atomic E-state index is 0.0545. The Labute approximate surface area is 109 Å². The molecule has 18 heavy (non-hydrogen) atoms. The molecule has 0 radical (unpaired) electrons. The van der Waals surface area contributed by atoms with E-state index < -0.39 is 0 Å². The van der Waals surface area contributed by atoms with Crippen LogP contribution in [0.25, 0.3) is 0 Å². The maximum Gasteiger partial charge on any atom is 0.182 e. The quantitative estimate of drug-likeness (QED) is 0.736. The number of hydrogen-bond acceptors (Lipinski definition) is 4. The number of pyridine rings is 1. The first-order chi connectivity index (χ1) is 8.58. The Morgan fingerprint density at radius 3 is 2.83 bits per heavy atom. The molecule has 0 bridgehead atoms. The zero-order valence-corrected chi connectivity index (χ0v) is 11.4. The summed E-state index contributed by atoms with van der Waals surface area (Å²) in [5.41, 5.74) is 1.76. The van der Waals surface area contributed by atoms with Gasteiger partial charge in [-0.1, -0.05) is 0 Å². The van der Waals surface area contributed by atoms with Crippen LogP contribution in [0.15, 0.2) is 18.5 Å². The van der Waals surface area contributed by atoms with Crippen LogP contribution < -0.4 is 0 Å². The number of carbonyl (C=O) groups excluding carboxylic acids is 1. The van der Waals surface area contributed by atoms with Gasteiger partial charge in [0.1, 0.15) is 0 Å². The largest absolute Gasteiger partial charge is 0.304 e. The summed E-state index contributed by atoms with van der Waals surface area (Å²) >= 11 is 0. The molecule has 1 aromatic rings. The predicted molar refractivity (Wildman–Crippen MR) is 71.8 cm³/mol. The summed E-state index contributed by atoms with van der Waals surface area (Å²) in [4.78, 5) is 21.1. The highest BCUT2D eigenvalue weighted by molar-refractivity contribution is 6.00. The second-order valence-electron chi connectivity index (χ2n) is 5.23. The van der Waals surface area contributed by atoms with Gasteiger partial charge < -0.3 is 4.90 Å². The van der Waals surface area contributed by atoms with Crippen LogP contribution >= 0.6 is 0 Å². The average Bonchev–Trinajstić information content (AvgIpc) is 2.50. The standard InChI is InChI=1S/C14H21N3O/c1-11-7-12(9-15-8-11)14(18)13-10-16(2)5-4-6-17(13)3/h7-9,13H,4-6,10H2,1-3H3. The summed E-state index contributed by atoms with van der Waals surface area (Å²) in [5.74, 6) is 0.183. The van der Waals surface area contributed by atoms with Crippen LogP contribution in [0.1, 0.15) is 22.3 Å². The lowest BCUT2D eigenvalue weighted by Gasteiger charge is -2.26. The Bertz CT molecular complexity index is 433. The van der Waals surface area contributed by atoms with Gasteiger partial charge in [0.15, 0.2) is 5.78 Å². The molecule has 0 saturated carbocycles. The molecule has 1 aromatic heterocycles. The van der Waals surface area contributed by atoms with Gasteiger partial charge in [0, 0.05) is 24.5 Å². The Morgan fingerprint density at radius 1 is 1.33 bits per heavy atom. The topological polar surface area (TPSA) is 36.4 Å². The monoisotopic (exact) mass is 247 g/mol. The van der Waals surface area contributed by atoms with E-state index in [1.807, 2.05) is 20.0 Å². The molecule has 4 heteroatoms. The number of aryl methyl sites for hydroxylation is 1. The third kappa shape index (κ3) is 2.94. The normalized spacial score (nSPS) is 22.7. The molecule has 1 unspecified atom stereocenters. The Morgan fingerprint density at radius 2 is 2.11 bits per heavy atom. The molecule has 1 aliphatic heterocycles. The Hall–Kier alpha value is -1.26. The number of ketones is 1. The third-order valence-electron chi connectivity index (χ3n) is 3.53. The summed E-state index contributed by atoms with van der Waals surface area (Å²) < 4.78 is 0. The van der Waals surface area contributed by atoms with Gasteiger partial charge in [-0.15, -0.1) is 0 Å². The number of hydrogen-bond donors (Lipinski definition) is 0. The van der Waals surface area contributed by atoms with Gasteiger partial charge in [-0.2, -0.15) is 0 Å². The summed E-state index contributed by atoms with van der Waals surface area (Å²) in [6.45, 7) is 4.79. The predicted octanol–water partition coefficient (Wildman–Crippen LogP) is 1.21. The van der Waals surface area contributed by atoms with Gasteiger partial charge in [0.05, 0.1) is 6.04 Å². The number of aromatic nitrogens is 1. The van der Waals surface area contributed by atoms with Crippen LogP contribution in [0, 0.1) is 6.92 Å². The Balaban J connectivity index is 2.20. The van der Waals surface area contributed by atoms with Crippen LogP contribution in [0.5, 0.6) is 0 Å². The third-order valence-corrected chi connectivity index (χ3v) is 3.53. The Kier molecular flexibility index (Phi) is 4.09. The van der Waals surface area contributed by atoms with E-state index in [-0.39, 0.29) is 11.8 Å². The second-order valence-corrected chi connectivity index (χ2v) is 5.23. The molecule has 1 aliphatic rings. The lowest BCUT2D eigenvalue weighted by atomic mass is 10.0. The van der Waals surface area contributed by atoms with Crippen molar-refractivity contribution < 1.29 is 4.79 Å². The highest BCUT2D eigenvalue weighted by Crippen LogP contribution is 2.13. The molecule has 2 rings (SSSR count). The van der Waals surface area contributed by atoms with Crippen molar-refractivity contribution in [1.82, 2.24) is 14.8 Å². The first kappa shape index (κ1) is 13.2. The minimum Gasteiger partial charge on any atom is -0.304 e. The van der Waals surface area contributed by atoms with E-state index >= 15 is 0 Å². The van der Waals surface area contributed by atoms with E-state index in [9.17, 15) is 4.79 Å². The van der Waals surface area contributed by atoms with E-state index in [0.717, 1.165) is 37.2 Å². The fourth-order valence-corrected chi connectivity index (χ4v) is 2.44. The molecule has 0 aromatic carbocycles. The maximum atomic E-state index is 12.6. The number of nitrogens with zero attached hydrogens (tertiary/aromatic N) is 3.